The number of ether oxygens (including phenoxy) is 1. The second-order valence-corrected chi connectivity index (χ2v) is 9.14. The molecule has 2 amide bonds. The third-order valence-corrected chi connectivity index (χ3v) is 6.55. The fourth-order valence-electron chi connectivity index (χ4n) is 4.49. The Morgan fingerprint density at radius 1 is 0.971 bits per heavy atom. The van der Waals surface area contributed by atoms with Crippen molar-refractivity contribution in [2.45, 2.75) is 13.5 Å². The summed E-state index contributed by atoms with van der Waals surface area (Å²) in [5.41, 5.74) is 4.45. The Hall–Kier alpha value is -3.51. The highest BCUT2D eigenvalue weighted by Gasteiger charge is 2.27. The minimum absolute atomic E-state index is 0.0112. The molecule has 0 unspecified atom stereocenters. The largest absolute Gasteiger partial charge is 0.482 e. The first-order valence-electron chi connectivity index (χ1n) is 11.4. The van der Waals surface area contributed by atoms with Crippen molar-refractivity contribution in [1.82, 2.24) is 4.90 Å². The number of anilines is 2. The number of amides is 2. The van der Waals surface area contributed by atoms with Gasteiger partial charge in [-0.15, -0.1) is 0 Å². The van der Waals surface area contributed by atoms with Gasteiger partial charge in [0.15, 0.2) is 6.61 Å². The molecule has 3 aromatic rings. The predicted octanol–water partition coefficient (Wildman–Crippen LogP) is 4.54. The van der Waals surface area contributed by atoms with Crippen LogP contribution in [-0.4, -0.2) is 49.5 Å². The van der Waals surface area contributed by atoms with E-state index in [4.69, 9.17) is 16.3 Å². The molecule has 0 N–H and O–H groups in total. The van der Waals surface area contributed by atoms with Crippen molar-refractivity contribution in [3.63, 3.8) is 0 Å². The van der Waals surface area contributed by atoms with Gasteiger partial charge < -0.3 is 19.4 Å². The molecule has 1 saturated heterocycles. The van der Waals surface area contributed by atoms with E-state index in [-0.39, 0.29) is 18.4 Å². The van der Waals surface area contributed by atoms with Crippen LogP contribution in [0.15, 0.2) is 66.7 Å². The zero-order valence-corrected chi connectivity index (χ0v) is 19.8. The molecule has 0 aliphatic carbocycles. The SMILES string of the molecule is Cc1ccc2c(c1)N(Cc1cccc(C(=O)N3CCN(c4cccc(Cl)c4)CC3)c1)C(=O)CO2. The third-order valence-electron chi connectivity index (χ3n) is 6.31. The summed E-state index contributed by atoms with van der Waals surface area (Å²) in [7, 11) is 0. The lowest BCUT2D eigenvalue weighted by Crippen LogP contribution is -2.48. The lowest BCUT2D eigenvalue weighted by atomic mass is 10.1. The fraction of sp³-hybridized carbons (Fsp3) is 0.259. The normalized spacial score (nSPS) is 15.7. The molecule has 2 aliphatic heterocycles. The molecule has 1 fully saturated rings. The lowest BCUT2D eigenvalue weighted by Gasteiger charge is -2.36. The minimum atomic E-state index is -0.0908. The van der Waals surface area contributed by atoms with E-state index in [0.29, 0.717) is 36.0 Å². The highest BCUT2D eigenvalue weighted by atomic mass is 35.5. The Kier molecular flexibility index (Phi) is 6.16. The van der Waals surface area contributed by atoms with Gasteiger partial charge in [-0.05, 0) is 60.5 Å². The van der Waals surface area contributed by atoms with E-state index in [1.54, 1.807) is 4.90 Å². The summed E-state index contributed by atoms with van der Waals surface area (Å²) in [6.07, 6.45) is 0. The number of nitrogens with zero attached hydrogens (tertiary/aromatic N) is 3. The van der Waals surface area contributed by atoms with Crippen molar-refractivity contribution in [2.75, 3.05) is 42.6 Å². The van der Waals surface area contributed by atoms with Gasteiger partial charge in [0.25, 0.3) is 11.8 Å². The van der Waals surface area contributed by atoms with Crippen molar-refractivity contribution in [3.8, 4) is 5.75 Å². The maximum Gasteiger partial charge on any atom is 0.265 e. The lowest BCUT2D eigenvalue weighted by molar-refractivity contribution is -0.121. The van der Waals surface area contributed by atoms with Crippen LogP contribution in [0.4, 0.5) is 11.4 Å². The zero-order valence-electron chi connectivity index (χ0n) is 19.0. The Bertz CT molecular complexity index is 1240. The molecule has 0 radical (unpaired) electrons. The first-order valence-corrected chi connectivity index (χ1v) is 11.8. The summed E-state index contributed by atoms with van der Waals surface area (Å²) in [6.45, 7) is 5.19. The molecule has 2 aliphatic rings. The average Bonchev–Trinajstić information content (AvgIpc) is 2.86. The molecule has 5 rings (SSSR count). The van der Waals surface area contributed by atoms with Gasteiger partial charge in [0.1, 0.15) is 5.75 Å². The quantitative estimate of drug-likeness (QED) is 0.556. The van der Waals surface area contributed by atoms with Crippen LogP contribution in [0, 0.1) is 6.92 Å². The van der Waals surface area contributed by atoms with Crippen LogP contribution in [0.1, 0.15) is 21.5 Å². The predicted molar refractivity (Wildman–Crippen MR) is 134 cm³/mol. The molecule has 174 valence electrons. The number of fused-ring (bicyclic) bond motifs is 1. The van der Waals surface area contributed by atoms with Gasteiger partial charge in [-0.2, -0.15) is 0 Å². The number of aryl methyl sites for hydroxylation is 1. The number of rotatable bonds is 4. The van der Waals surface area contributed by atoms with E-state index >= 15 is 0 Å². The van der Waals surface area contributed by atoms with Gasteiger partial charge in [0.05, 0.1) is 12.2 Å². The number of carbonyl (C=O) groups is 2. The first-order chi connectivity index (χ1) is 16.5. The number of hydrogen-bond donors (Lipinski definition) is 0. The zero-order chi connectivity index (χ0) is 23.7. The first kappa shape index (κ1) is 22.3. The number of hydrogen-bond acceptors (Lipinski definition) is 4. The maximum absolute atomic E-state index is 13.2. The van der Waals surface area contributed by atoms with Crippen molar-refractivity contribution >= 4 is 34.8 Å². The molecular formula is C27H26ClN3O3. The Morgan fingerprint density at radius 2 is 1.76 bits per heavy atom. The van der Waals surface area contributed by atoms with Crippen molar-refractivity contribution in [3.05, 3.63) is 88.4 Å². The van der Waals surface area contributed by atoms with Crippen LogP contribution < -0.4 is 14.5 Å². The molecule has 0 spiro atoms. The van der Waals surface area contributed by atoms with Gasteiger partial charge in [0.2, 0.25) is 0 Å². The van der Waals surface area contributed by atoms with Crippen LogP contribution in [0.2, 0.25) is 5.02 Å². The van der Waals surface area contributed by atoms with Crippen LogP contribution in [0.3, 0.4) is 0 Å². The van der Waals surface area contributed by atoms with E-state index in [2.05, 4.69) is 4.90 Å². The van der Waals surface area contributed by atoms with Crippen LogP contribution in [-0.2, 0) is 11.3 Å². The van der Waals surface area contributed by atoms with Crippen molar-refractivity contribution in [1.29, 1.82) is 0 Å². The molecule has 0 aromatic heterocycles. The summed E-state index contributed by atoms with van der Waals surface area (Å²) in [5.74, 6) is 0.624. The molecule has 0 atom stereocenters. The number of halogens is 1. The van der Waals surface area contributed by atoms with Crippen LogP contribution >= 0.6 is 11.6 Å². The molecule has 2 heterocycles. The fourth-order valence-corrected chi connectivity index (χ4v) is 4.68. The van der Waals surface area contributed by atoms with Gasteiger partial charge in [-0.25, -0.2) is 0 Å². The molecule has 7 heteroatoms. The average molecular weight is 476 g/mol. The van der Waals surface area contributed by atoms with Crippen molar-refractivity contribution in [2.24, 2.45) is 0 Å². The molecule has 3 aromatic carbocycles. The van der Waals surface area contributed by atoms with Gasteiger partial charge in [-0.3, -0.25) is 9.59 Å². The monoisotopic (exact) mass is 475 g/mol. The summed E-state index contributed by atoms with van der Waals surface area (Å²) >= 11 is 6.13. The second kappa shape index (κ2) is 9.39. The van der Waals surface area contributed by atoms with Gasteiger partial charge in [0, 0.05) is 42.5 Å². The second-order valence-electron chi connectivity index (χ2n) is 8.70. The molecule has 0 bridgehead atoms. The highest BCUT2D eigenvalue weighted by Crippen LogP contribution is 2.34. The standard InChI is InChI=1S/C27H26ClN3O3/c1-19-8-9-25-24(14-19)31(26(32)18-34-25)17-20-4-2-5-21(15-20)27(33)30-12-10-29(11-13-30)23-7-3-6-22(28)16-23/h2-9,14-16H,10-13,17-18H2,1H3. The third kappa shape index (κ3) is 4.59. The maximum atomic E-state index is 13.2. The van der Waals surface area contributed by atoms with E-state index in [0.717, 1.165) is 35.6 Å². The van der Waals surface area contributed by atoms with Crippen LogP contribution in [0.5, 0.6) is 5.75 Å². The summed E-state index contributed by atoms with van der Waals surface area (Å²) in [6, 6.07) is 21.2. The highest BCUT2D eigenvalue weighted by molar-refractivity contribution is 6.30. The summed E-state index contributed by atoms with van der Waals surface area (Å²) < 4.78 is 5.58. The number of carbonyl (C=O) groups excluding carboxylic acids is 2. The molecular weight excluding hydrogens is 450 g/mol. The minimum Gasteiger partial charge on any atom is -0.482 e. The van der Waals surface area contributed by atoms with Crippen molar-refractivity contribution < 1.29 is 14.3 Å². The van der Waals surface area contributed by atoms with Gasteiger partial charge >= 0.3 is 0 Å². The molecule has 6 nitrogen and oxygen atoms in total. The Morgan fingerprint density at radius 3 is 2.56 bits per heavy atom. The van der Waals surface area contributed by atoms with E-state index < -0.39 is 0 Å². The number of benzene rings is 3. The molecule has 34 heavy (non-hydrogen) atoms. The Labute approximate surface area is 204 Å². The van der Waals surface area contributed by atoms with Gasteiger partial charge in [-0.1, -0.05) is 35.9 Å². The molecule has 0 saturated carbocycles. The van der Waals surface area contributed by atoms with E-state index in [1.165, 1.54) is 0 Å². The van der Waals surface area contributed by atoms with Crippen LogP contribution in [0.25, 0.3) is 0 Å². The van der Waals surface area contributed by atoms with E-state index in [1.807, 2.05) is 78.6 Å². The summed E-state index contributed by atoms with van der Waals surface area (Å²) in [4.78, 5) is 31.7. The van der Waals surface area contributed by atoms with E-state index in [9.17, 15) is 9.59 Å². The smallest absolute Gasteiger partial charge is 0.265 e. The number of piperazine rings is 1. The Balaban J connectivity index is 1.28. The summed E-state index contributed by atoms with van der Waals surface area (Å²) in [5, 5.41) is 0.712. The topological polar surface area (TPSA) is 53.1 Å².